The SMILES string of the molecule is CC(=O)OCCCN(CCc1ccc(NS(C)(=O)=O)cc1)c1cc(C)c2cc(NS(C)(=O)=O)ccc2n1. The van der Waals surface area contributed by atoms with Gasteiger partial charge in [-0.15, -0.1) is 0 Å². The number of esters is 1. The normalized spacial score (nSPS) is 11.8. The molecule has 0 saturated heterocycles. The molecular weight excluding hydrogens is 516 g/mol. The molecule has 0 atom stereocenters. The number of nitrogens with zero attached hydrogens (tertiary/aromatic N) is 2. The number of hydrogen-bond acceptors (Lipinski definition) is 8. The Bertz CT molecular complexity index is 1470. The Hall–Kier alpha value is -3.38. The Balaban J connectivity index is 1.82. The van der Waals surface area contributed by atoms with Crippen LogP contribution in [-0.4, -0.2) is 60.0 Å². The number of carbonyl (C=O) groups is 1. The van der Waals surface area contributed by atoms with Crippen LogP contribution in [0.15, 0.2) is 48.5 Å². The number of sulfonamides is 2. The van der Waals surface area contributed by atoms with E-state index < -0.39 is 20.0 Å². The molecule has 0 spiro atoms. The number of hydrogen-bond donors (Lipinski definition) is 2. The van der Waals surface area contributed by atoms with Gasteiger partial charge in [-0.3, -0.25) is 14.2 Å². The molecule has 0 saturated carbocycles. The first-order valence-corrected chi connectivity index (χ1v) is 15.4. The largest absolute Gasteiger partial charge is 0.466 e. The highest BCUT2D eigenvalue weighted by Crippen LogP contribution is 2.26. The number of rotatable bonds is 12. The van der Waals surface area contributed by atoms with Crippen LogP contribution >= 0.6 is 0 Å². The van der Waals surface area contributed by atoms with E-state index in [1.807, 2.05) is 25.1 Å². The third kappa shape index (κ3) is 9.21. The lowest BCUT2D eigenvalue weighted by Gasteiger charge is -2.25. The van der Waals surface area contributed by atoms with Crippen molar-refractivity contribution < 1.29 is 26.4 Å². The maximum Gasteiger partial charge on any atom is 0.302 e. The van der Waals surface area contributed by atoms with Crippen LogP contribution in [-0.2, 0) is 36.0 Å². The van der Waals surface area contributed by atoms with Gasteiger partial charge in [0.2, 0.25) is 20.0 Å². The molecule has 3 aromatic rings. The molecule has 0 unspecified atom stereocenters. The molecule has 0 aliphatic heterocycles. The highest BCUT2D eigenvalue weighted by Gasteiger charge is 2.13. The van der Waals surface area contributed by atoms with Crippen molar-refractivity contribution in [3.63, 3.8) is 0 Å². The summed E-state index contributed by atoms with van der Waals surface area (Å²) in [6, 6.07) is 14.4. The predicted molar refractivity (Wildman–Crippen MR) is 147 cm³/mol. The van der Waals surface area contributed by atoms with Crippen molar-refractivity contribution in [1.29, 1.82) is 0 Å². The smallest absolute Gasteiger partial charge is 0.302 e. The van der Waals surface area contributed by atoms with Gasteiger partial charge in [-0.1, -0.05) is 12.1 Å². The molecule has 10 nitrogen and oxygen atoms in total. The molecule has 37 heavy (non-hydrogen) atoms. The molecular formula is C25H32N4O6S2. The van der Waals surface area contributed by atoms with Gasteiger partial charge >= 0.3 is 5.97 Å². The number of benzene rings is 2. The van der Waals surface area contributed by atoms with Crippen LogP contribution in [0.1, 0.15) is 24.5 Å². The fourth-order valence-electron chi connectivity index (χ4n) is 3.85. The van der Waals surface area contributed by atoms with Gasteiger partial charge in [0.05, 0.1) is 24.6 Å². The number of carbonyl (C=O) groups excluding carboxylic acids is 1. The lowest BCUT2D eigenvalue weighted by molar-refractivity contribution is -0.140. The maximum absolute atomic E-state index is 11.6. The Labute approximate surface area is 218 Å². The van der Waals surface area contributed by atoms with Gasteiger partial charge in [-0.2, -0.15) is 0 Å². The quantitative estimate of drug-likeness (QED) is 0.260. The van der Waals surface area contributed by atoms with Gasteiger partial charge in [0, 0.05) is 36.8 Å². The molecule has 3 rings (SSSR count). The Kier molecular flexibility index (Phi) is 8.98. The van der Waals surface area contributed by atoms with Crippen LogP contribution in [0.2, 0.25) is 0 Å². The van der Waals surface area contributed by atoms with Crippen molar-refractivity contribution in [2.45, 2.75) is 26.7 Å². The van der Waals surface area contributed by atoms with Crippen LogP contribution in [0, 0.1) is 6.92 Å². The number of nitrogens with one attached hydrogen (secondary N) is 2. The first-order valence-electron chi connectivity index (χ1n) is 11.6. The zero-order chi connectivity index (χ0) is 27.2. The Morgan fingerprint density at radius 2 is 1.54 bits per heavy atom. The highest BCUT2D eigenvalue weighted by atomic mass is 32.2. The zero-order valence-corrected chi connectivity index (χ0v) is 22.9. The summed E-state index contributed by atoms with van der Waals surface area (Å²) in [6.45, 7) is 4.85. The van der Waals surface area contributed by atoms with E-state index >= 15 is 0 Å². The van der Waals surface area contributed by atoms with Crippen molar-refractivity contribution in [2.24, 2.45) is 0 Å². The number of aryl methyl sites for hydroxylation is 1. The van der Waals surface area contributed by atoms with Gasteiger partial charge in [0.1, 0.15) is 5.82 Å². The minimum Gasteiger partial charge on any atom is -0.466 e. The van der Waals surface area contributed by atoms with Crippen LogP contribution in [0.5, 0.6) is 0 Å². The van der Waals surface area contributed by atoms with Crippen LogP contribution in [0.3, 0.4) is 0 Å². The van der Waals surface area contributed by atoms with Crippen molar-refractivity contribution in [1.82, 2.24) is 4.98 Å². The number of fused-ring (bicyclic) bond motifs is 1. The van der Waals surface area contributed by atoms with Crippen LogP contribution < -0.4 is 14.3 Å². The molecule has 0 aliphatic carbocycles. The Morgan fingerprint density at radius 3 is 2.16 bits per heavy atom. The summed E-state index contributed by atoms with van der Waals surface area (Å²) in [4.78, 5) is 18.1. The van der Waals surface area contributed by atoms with E-state index in [0.29, 0.717) is 43.9 Å². The first-order chi connectivity index (χ1) is 17.3. The fraction of sp³-hybridized carbons (Fsp3) is 0.360. The molecule has 200 valence electrons. The summed E-state index contributed by atoms with van der Waals surface area (Å²) >= 11 is 0. The summed E-state index contributed by atoms with van der Waals surface area (Å²) in [7, 11) is -6.73. The van der Waals surface area contributed by atoms with Crippen molar-refractivity contribution in [3.05, 3.63) is 59.7 Å². The average molecular weight is 549 g/mol. The summed E-state index contributed by atoms with van der Waals surface area (Å²) in [5, 5.41) is 0.839. The van der Waals surface area contributed by atoms with Crippen molar-refractivity contribution in [2.75, 3.05) is 46.6 Å². The lowest BCUT2D eigenvalue weighted by atomic mass is 10.1. The highest BCUT2D eigenvalue weighted by molar-refractivity contribution is 7.92. The minimum atomic E-state index is -3.39. The zero-order valence-electron chi connectivity index (χ0n) is 21.3. The molecule has 2 aromatic carbocycles. The van der Waals surface area contributed by atoms with E-state index in [1.54, 1.807) is 30.3 Å². The predicted octanol–water partition coefficient (Wildman–Crippen LogP) is 3.29. The molecule has 0 fully saturated rings. The van der Waals surface area contributed by atoms with Crippen LogP contribution in [0.4, 0.5) is 17.2 Å². The molecule has 0 radical (unpaired) electrons. The molecule has 0 bridgehead atoms. The van der Waals surface area contributed by atoms with Gasteiger partial charge in [0.15, 0.2) is 0 Å². The summed E-state index contributed by atoms with van der Waals surface area (Å²) < 4.78 is 56.1. The lowest BCUT2D eigenvalue weighted by Crippen LogP contribution is -2.29. The standard InChI is InChI=1S/C25H32N4O6S2/c1-18-16-25(26-24-11-10-22(17-23(18)24)28-37(4,33)34)29(13-5-15-35-19(2)30)14-12-20-6-8-21(9-7-20)27-36(3,31)32/h6-11,16-17,27-28H,5,12-15H2,1-4H3. The summed E-state index contributed by atoms with van der Waals surface area (Å²) in [5.41, 5.74) is 3.67. The van der Waals surface area contributed by atoms with E-state index in [9.17, 15) is 21.6 Å². The fourth-order valence-corrected chi connectivity index (χ4v) is 4.97. The third-order valence-corrected chi connectivity index (χ3v) is 6.65. The monoisotopic (exact) mass is 548 g/mol. The second-order valence-corrected chi connectivity index (χ2v) is 12.4. The molecule has 0 amide bonds. The van der Waals surface area contributed by atoms with Crippen molar-refractivity contribution >= 4 is 54.1 Å². The van der Waals surface area contributed by atoms with E-state index in [-0.39, 0.29) is 5.97 Å². The van der Waals surface area contributed by atoms with E-state index in [4.69, 9.17) is 9.72 Å². The number of anilines is 3. The first kappa shape index (κ1) is 28.2. The number of aromatic nitrogens is 1. The average Bonchev–Trinajstić information content (AvgIpc) is 2.77. The second kappa shape index (κ2) is 11.8. The van der Waals surface area contributed by atoms with Gasteiger partial charge < -0.3 is 9.64 Å². The summed E-state index contributed by atoms with van der Waals surface area (Å²) in [5.74, 6) is 0.430. The molecule has 1 aromatic heterocycles. The van der Waals surface area contributed by atoms with E-state index in [1.165, 1.54) is 6.92 Å². The van der Waals surface area contributed by atoms with Gasteiger partial charge in [0.25, 0.3) is 0 Å². The number of pyridine rings is 1. The number of ether oxygens (including phenoxy) is 1. The van der Waals surface area contributed by atoms with Crippen LogP contribution in [0.25, 0.3) is 10.9 Å². The van der Waals surface area contributed by atoms with Gasteiger partial charge in [-0.05, 0) is 67.3 Å². The maximum atomic E-state index is 11.6. The van der Waals surface area contributed by atoms with E-state index in [0.717, 1.165) is 40.4 Å². The second-order valence-electron chi connectivity index (χ2n) is 8.91. The summed E-state index contributed by atoms with van der Waals surface area (Å²) in [6.07, 6.45) is 3.51. The van der Waals surface area contributed by atoms with E-state index in [2.05, 4.69) is 14.3 Å². The Morgan fingerprint density at radius 1 is 0.919 bits per heavy atom. The molecule has 0 aliphatic rings. The molecule has 12 heteroatoms. The molecule has 2 N–H and O–H groups in total. The minimum absolute atomic E-state index is 0.296. The van der Waals surface area contributed by atoms with Crippen molar-refractivity contribution in [3.8, 4) is 0 Å². The third-order valence-electron chi connectivity index (χ3n) is 5.43. The van der Waals surface area contributed by atoms with Gasteiger partial charge in [-0.25, -0.2) is 21.8 Å². The topological polar surface area (TPSA) is 135 Å². The molecule has 1 heterocycles.